The first-order valence-corrected chi connectivity index (χ1v) is 13.1. The maximum absolute atomic E-state index is 11.1. The summed E-state index contributed by atoms with van der Waals surface area (Å²) in [7, 11) is -0.443. The lowest BCUT2D eigenvalue weighted by atomic mass is 10.0. The number of nitrogens with zero attached hydrogens (tertiary/aromatic N) is 1. The third kappa shape index (κ3) is 16.8. The van der Waals surface area contributed by atoms with Gasteiger partial charge in [-0.1, -0.05) is 90.9 Å². The Labute approximate surface area is 175 Å². The second kappa shape index (κ2) is 16.6. The van der Waals surface area contributed by atoms with Crippen LogP contribution in [0.1, 0.15) is 117 Å². The molecule has 0 aliphatic heterocycles. The molecule has 28 heavy (non-hydrogen) atoms. The van der Waals surface area contributed by atoms with E-state index in [1.165, 1.54) is 83.5 Å². The first-order valence-electron chi connectivity index (χ1n) is 11.7. The molecule has 0 saturated carbocycles. The minimum Gasteiger partial charge on any atom is -0.302 e. The minimum atomic E-state index is -4.40. The van der Waals surface area contributed by atoms with Gasteiger partial charge in [0.2, 0.25) is 6.23 Å². The predicted molar refractivity (Wildman–Crippen MR) is 119 cm³/mol. The van der Waals surface area contributed by atoms with Crippen molar-refractivity contribution >= 4 is 10.4 Å². The molecular formula is C22H48NO4S+. The SMILES string of the molecule is CCCCCCCCCCCCCCCC[N+](C)(C)C(CCC)OS(=O)(=O)O. The molecule has 1 unspecified atom stereocenters. The van der Waals surface area contributed by atoms with E-state index >= 15 is 0 Å². The van der Waals surface area contributed by atoms with Crippen LogP contribution in [0.2, 0.25) is 0 Å². The summed E-state index contributed by atoms with van der Waals surface area (Å²) in [5.74, 6) is 0. The van der Waals surface area contributed by atoms with Crippen molar-refractivity contribution in [1.29, 1.82) is 0 Å². The smallest absolute Gasteiger partial charge is 0.302 e. The first kappa shape index (κ1) is 27.8. The molecule has 1 atom stereocenters. The minimum absolute atomic E-state index is 0.464. The maximum atomic E-state index is 11.1. The van der Waals surface area contributed by atoms with Gasteiger partial charge in [0.05, 0.1) is 20.6 Å². The molecular weight excluding hydrogens is 374 g/mol. The molecule has 0 aromatic rings. The Morgan fingerprint density at radius 3 is 1.46 bits per heavy atom. The predicted octanol–water partition coefficient (Wildman–Crippen LogP) is 6.49. The average Bonchev–Trinajstić information content (AvgIpc) is 2.60. The van der Waals surface area contributed by atoms with E-state index in [9.17, 15) is 8.42 Å². The van der Waals surface area contributed by atoms with E-state index in [-0.39, 0.29) is 0 Å². The second-order valence-electron chi connectivity index (χ2n) is 8.87. The Balaban J connectivity index is 3.69. The van der Waals surface area contributed by atoms with Crippen molar-refractivity contribution in [2.45, 2.75) is 123 Å². The van der Waals surface area contributed by atoms with Gasteiger partial charge in [-0.25, -0.2) is 0 Å². The monoisotopic (exact) mass is 422 g/mol. The molecule has 0 heterocycles. The average molecular weight is 423 g/mol. The highest BCUT2D eigenvalue weighted by molar-refractivity contribution is 7.80. The van der Waals surface area contributed by atoms with E-state index < -0.39 is 16.6 Å². The number of quaternary nitrogens is 1. The summed E-state index contributed by atoms with van der Waals surface area (Å²) in [4.78, 5) is 0. The molecule has 5 nitrogen and oxygen atoms in total. The van der Waals surface area contributed by atoms with Crippen LogP contribution in [0.25, 0.3) is 0 Å². The first-order chi connectivity index (χ1) is 13.2. The van der Waals surface area contributed by atoms with E-state index in [0.29, 0.717) is 10.9 Å². The summed E-state index contributed by atoms with van der Waals surface area (Å²) < 4.78 is 36.6. The fourth-order valence-electron chi connectivity index (χ4n) is 3.76. The zero-order valence-electron chi connectivity index (χ0n) is 19.1. The van der Waals surface area contributed by atoms with Crippen LogP contribution in [0.15, 0.2) is 0 Å². The Bertz CT molecular complexity index is 451. The Kier molecular flexibility index (Phi) is 16.5. The second-order valence-corrected chi connectivity index (χ2v) is 9.91. The molecule has 0 saturated heterocycles. The van der Waals surface area contributed by atoms with Crippen molar-refractivity contribution < 1.29 is 21.6 Å². The van der Waals surface area contributed by atoms with Crippen molar-refractivity contribution in [2.24, 2.45) is 0 Å². The highest BCUT2D eigenvalue weighted by Gasteiger charge is 2.32. The lowest BCUT2D eigenvalue weighted by Crippen LogP contribution is -2.51. The van der Waals surface area contributed by atoms with E-state index in [4.69, 9.17) is 8.74 Å². The third-order valence-corrected chi connectivity index (χ3v) is 6.10. The van der Waals surface area contributed by atoms with Crippen LogP contribution in [0.5, 0.6) is 0 Å². The van der Waals surface area contributed by atoms with Crippen molar-refractivity contribution in [3.05, 3.63) is 0 Å². The fraction of sp³-hybridized carbons (Fsp3) is 1.00. The zero-order valence-corrected chi connectivity index (χ0v) is 19.9. The van der Waals surface area contributed by atoms with E-state index in [1.54, 1.807) is 0 Å². The van der Waals surface area contributed by atoms with Crippen LogP contribution in [0.4, 0.5) is 0 Å². The van der Waals surface area contributed by atoms with Gasteiger partial charge < -0.3 is 4.48 Å². The summed E-state index contributed by atoms with van der Waals surface area (Å²) in [5.41, 5.74) is 0. The molecule has 0 aromatic carbocycles. The van der Waals surface area contributed by atoms with E-state index in [0.717, 1.165) is 19.4 Å². The van der Waals surface area contributed by atoms with Crippen LogP contribution in [-0.4, -0.2) is 44.3 Å². The molecule has 0 rings (SSSR count). The van der Waals surface area contributed by atoms with Gasteiger partial charge >= 0.3 is 10.4 Å². The molecule has 6 heteroatoms. The standard InChI is InChI=1S/C22H47NO4S/c1-5-7-8-9-10-11-12-13-14-15-16-17-18-19-21-23(3,4)22(20-6-2)27-28(24,25)26/h22H,5-21H2,1-4H3/p+1. The maximum Gasteiger partial charge on any atom is 0.402 e. The highest BCUT2D eigenvalue weighted by Crippen LogP contribution is 2.19. The topological polar surface area (TPSA) is 63.6 Å². The van der Waals surface area contributed by atoms with Crippen molar-refractivity contribution in [2.75, 3.05) is 20.6 Å². The molecule has 0 radical (unpaired) electrons. The lowest BCUT2D eigenvalue weighted by molar-refractivity contribution is -0.934. The van der Waals surface area contributed by atoms with Gasteiger partial charge in [0, 0.05) is 6.42 Å². The van der Waals surface area contributed by atoms with Crippen LogP contribution in [-0.2, 0) is 14.6 Å². The van der Waals surface area contributed by atoms with Crippen LogP contribution >= 0.6 is 0 Å². The number of unbranched alkanes of at least 4 members (excludes halogenated alkanes) is 13. The van der Waals surface area contributed by atoms with Gasteiger partial charge in [-0.2, -0.15) is 12.6 Å². The molecule has 0 spiro atoms. The fourth-order valence-corrected chi connectivity index (χ4v) is 4.37. The lowest BCUT2D eigenvalue weighted by Gasteiger charge is -2.36. The van der Waals surface area contributed by atoms with Crippen LogP contribution in [0, 0.1) is 0 Å². The summed E-state index contributed by atoms with van der Waals surface area (Å²) in [6, 6.07) is 0. The summed E-state index contributed by atoms with van der Waals surface area (Å²) in [6.45, 7) is 5.12. The summed E-state index contributed by atoms with van der Waals surface area (Å²) in [6.07, 6.45) is 19.5. The van der Waals surface area contributed by atoms with Crippen LogP contribution in [0.3, 0.4) is 0 Å². The molecule has 0 amide bonds. The number of hydrogen-bond acceptors (Lipinski definition) is 3. The van der Waals surface area contributed by atoms with Gasteiger partial charge in [-0.3, -0.25) is 4.55 Å². The molecule has 0 aliphatic carbocycles. The molecule has 0 aliphatic rings. The summed E-state index contributed by atoms with van der Waals surface area (Å²) >= 11 is 0. The van der Waals surface area contributed by atoms with Gasteiger partial charge in [-0.15, -0.1) is 0 Å². The molecule has 0 fully saturated rings. The number of hydrogen-bond donors (Lipinski definition) is 1. The third-order valence-electron chi connectivity index (χ3n) is 5.64. The molecule has 170 valence electrons. The Morgan fingerprint density at radius 1 is 0.714 bits per heavy atom. The zero-order chi connectivity index (χ0) is 21.3. The van der Waals surface area contributed by atoms with Crippen molar-refractivity contribution in [3.63, 3.8) is 0 Å². The molecule has 0 aromatic heterocycles. The van der Waals surface area contributed by atoms with Gasteiger partial charge in [0.25, 0.3) is 0 Å². The Hall–Kier alpha value is -0.170. The Morgan fingerprint density at radius 2 is 1.11 bits per heavy atom. The summed E-state index contributed by atoms with van der Waals surface area (Å²) in [5, 5.41) is 0. The largest absolute Gasteiger partial charge is 0.402 e. The molecule has 1 N–H and O–H groups in total. The van der Waals surface area contributed by atoms with Gasteiger partial charge in [0.1, 0.15) is 0 Å². The quantitative estimate of drug-likeness (QED) is 0.105. The normalized spacial score (nSPS) is 13.8. The number of rotatable bonds is 20. The van der Waals surface area contributed by atoms with E-state index in [2.05, 4.69) is 6.92 Å². The van der Waals surface area contributed by atoms with Crippen molar-refractivity contribution in [1.82, 2.24) is 0 Å². The van der Waals surface area contributed by atoms with Crippen molar-refractivity contribution in [3.8, 4) is 0 Å². The van der Waals surface area contributed by atoms with Gasteiger partial charge in [0.15, 0.2) is 0 Å². The highest BCUT2D eigenvalue weighted by atomic mass is 32.3. The van der Waals surface area contributed by atoms with Crippen LogP contribution < -0.4 is 0 Å². The van der Waals surface area contributed by atoms with E-state index in [1.807, 2.05) is 21.0 Å². The van der Waals surface area contributed by atoms with Gasteiger partial charge in [-0.05, 0) is 19.3 Å². The molecule has 0 bridgehead atoms.